The van der Waals surface area contributed by atoms with Crippen LogP contribution < -0.4 is 10.1 Å². The normalized spacial score (nSPS) is 16.3. The number of hydrogen-bond acceptors (Lipinski definition) is 2. The van der Waals surface area contributed by atoms with Crippen LogP contribution in [0.1, 0.15) is 16.7 Å². The zero-order valence-corrected chi connectivity index (χ0v) is 14.0. The lowest BCUT2D eigenvalue weighted by atomic mass is 9.71. The van der Waals surface area contributed by atoms with Gasteiger partial charge in [-0.2, -0.15) is 0 Å². The van der Waals surface area contributed by atoms with Crippen LogP contribution in [-0.4, -0.2) is 20.2 Å². The molecule has 2 nitrogen and oxygen atoms in total. The van der Waals surface area contributed by atoms with Crippen LogP contribution in [0, 0.1) is 6.92 Å². The van der Waals surface area contributed by atoms with E-state index >= 15 is 0 Å². The molecule has 1 aliphatic rings. The fraction of sp³-hybridized carbons (Fsp3) is 0.333. The maximum Gasteiger partial charge on any atom is 0.133 e. The summed E-state index contributed by atoms with van der Waals surface area (Å²) in [6.07, 6.45) is 1.05. The summed E-state index contributed by atoms with van der Waals surface area (Å²) in [5.41, 5.74) is 4.30. The minimum absolute atomic E-state index is 0.224. The molecule has 1 heterocycles. The van der Waals surface area contributed by atoms with Gasteiger partial charge < -0.3 is 10.1 Å². The minimum Gasteiger partial charge on any atom is -0.496 e. The van der Waals surface area contributed by atoms with Crippen molar-refractivity contribution in [1.82, 2.24) is 5.32 Å². The first-order valence-corrected chi connectivity index (χ1v) is 8.03. The van der Waals surface area contributed by atoms with Gasteiger partial charge in [-0.25, -0.2) is 0 Å². The van der Waals surface area contributed by atoms with Crippen molar-refractivity contribution in [3.63, 3.8) is 0 Å². The summed E-state index contributed by atoms with van der Waals surface area (Å²) in [6.45, 7) is 4.22. The molecule has 3 rings (SSSR count). The van der Waals surface area contributed by atoms with Crippen LogP contribution in [0.15, 0.2) is 46.9 Å². The highest BCUT2D eigenvalue weighted by molar-refractivity contribution is 9.10. The quantitative estimate of drug-likeness (QED) is 0.908. The molecule has 2 aromatic carbocycles. The third kappa shape index (κ3) is 2.85. The van der Waals surface area contributed by atoms with E-state index in [1.807, 2.05) is 6.07 Å². The highest BCUT2D eigenvalue weighted by Crippen LogP contribution is 2.34. The molecule has 1 N–H and O–H groups in total. The highest BCUT2D eigenvalue weighted by atomic mass is 79.9. The molecule has 1 saturated heterocycles. The molecule has 110 valence electrons. The first-order chi connectivity index (χ1) is 10.1. The molecular formula is C18H20BrNO. The zero-order chi connectivity index (χ0) is 14.9. The maximum atomic E-state index is 5.31. The number of methoxy groups -OCH3 is 1. The lowest BCUT2D eigenvalue weighted by Gasteiger charge is -2.43. The summed E-state index contributed by atoms with van der Waals surface area (Å²) in [6, 6.07) is 15.3. The second-order valence-electron chi connectivity index (χ2n) is 5.90. The monoisotopic (exact) mass is 345 g/mol. The van der Waals surface area contributed by atoms with Crippen LogP contribution in [-0.2, 0) is 11.8 Å². The van der Waals surface area contributed by atoms with E-state index in [2.05, 4.69) is 64.6 Å². The predicted molar refractivity (Wildman–Crippen MR) is 90.1 cm³/mol. The molecule has 1 fully saturated rings. The molecule has 0 saturated carbocycles. The van der Waals surface area contributed by atoms with Crippen molar-refractivity contribution in [1.29, 1.82) is 0 Å². The van der Waals surface area contributed by atoms with Gasteiger partial charge in [0.15, 0.2) is 0 Å². The Morgan fingerprint density at radius 3 is 2.38 bits per heavy atom. The van der Waals surface area contributed by atoms with Gasteiger partial charge in [0.05, 0.1) is 11.6 Å². The van der Waals surface area contributed by atoms with E-state index in [9.17, 15) is 0 Å². The summed E-state index contributed by atoms with van der Waals surface area (Å²) in [4.78, 5) is 0. The first-order valence-electron chi connectivity index (χ1n) is 7.23. The van der Waals surface area contributed by atoms with Crippen LogP contribution in [0.5, 0.6) is 5.75 Å². The molecule has 0 radical (unpaired) electrons. The van der Waals surface area contributed by atoms with Crippen LogP contribution in [0.25, 0.3) is 0 Å². The van der Waals surface area contributed by atoms with Gasteiger partial charge in [-0.05, 0) is 52.5 Å². The van der Waals surface area contributed by atoms with Crippen molar-refractivity contribution in [2.24, 2.45) is 0 Å². The lowest BCUT2D eigenvalue weighted by molar-refractivity contribution is 0.274. The first kappa shape index (κ1) is 14.6. The van der Waals surface area contributed by atoms with E-state index in [1.165, 1.54) is 16.7 Å². The average molecular weight is 346 g/mol. The lowest BCUT2D eigenvalue weighted by Crippen LogP contribution is -2.58. The van der Waals surface area contributed by atoms with Gasteiger partial charge in [-0.15, -0.1) is 0 Å². The minimum atomic E-state index is 0.224. The Morgan fingerprint density at radius 2 is 1.86 bits per heavy atom. The van der Waals surface area contributed by atoms with Crippen LogP contribution in [0.2, 0.25) is 0 Å². The van der Waals surface area contributed by atoms with Crippen molar-refractivity contribution >= 4 is 15.9 Å². The molecule has 0 spiro atoms. The molecule has 3 heteroatoms. The molecule has 1 aliphatic heterocycles. The molecule has 0 aliphatic carbocycles. The van der Waals surface area contributed by atoms with E-state index in [1.54, 1.807) is 7.11 Å². The number of aryl methyl sites for hydroxylation is 1. The van der Waals surface area contributed by atoms with E-state index in [0.29, 0.717) is 0 Å². The summed E-state index contributed by atoms with van der Waals surface area (Å²) < 4.78 is 6.33. The Kier molecular flexibility index (Phi) is 4.05. The molecule has 0 bridgehead atoms. The Hall–Kier alpha value is -1.32. The van der Waals surface area contributed by atoms with Crippen LogP contribution >= 0.6 is 15.9 Å². The number of benzene rings is 2. The standard InChI is InChI=1S/C18H20BrNO/c1-13-3-6-15(7-4-13)18(11-20-12-18)10-14-5-8-17(21-2)16(19)9-14/h3-9,20H,10-12H2,1-2H3. The predicted octanol–water partition coefficient (Wildman–Crippen LogP) is 3.85. The highest BCUT2D eigenvalue weighted by Gasteiger charge is 2.38. The number of nitrogens with one attached hydrogen (secondary N) is 1. The number of halogens is 1. The summed E-state index contributed by atoms with van der Waals surface area (Å²) >= 11 is 3.58. The van der Waals surface area contributed by atoms with Gasteiger partial charge in [0, 0.05) is 18.5 Å². The smallest absolute Gasteiger partial charge is 0.133 e. The number of hydrogen-bond donors (Lipinski definition) is 1. The SMILES string of the molecule is COc1ccc(CC2(c3ccc(C)cc3)CNC2)cc1Br. The number of ether oxygens (including phenoxy) is 1. The van der Waals surface area contributed by atoms with Crippen molar-refractivity contribution in [3.8, 4) is 5.75 Å². The summed E-state index contributed by atoms with van der Waals surface area (Å²) in [5, 5.41) is 3.44. The van der Waals surface area contributed by atoms with Gasteiger partial charge >= 0.3 is 0 Å². The molecule has 0 unspecified atom stereocenters. The van der Waals surface area contributed by atoms with Gasteiger partial charge in [0.2, 0.25) is 0 Å². The molecule has 21 heavy (non-hydrogen) atoms. The third-order valence-corrected chi connectivity index (χ3v) is 4.97. The van der Waals surface area contributed by atoms with Crippen molar-refractivity contribution in [2.75, 3.05) is 20.2 Å². The molecule has 2 aromatic rings. The van der Waals surface area contributed by atoms with E-state index in [-0.39, 0.29) is 5.41 Å². The second-order valence-corrected chi connectivity index (χ2v) is 6.75. The van der Waals surface area contributed by atoms with E-state index < -0.39 is 0 Å². The van der Waals surface area contributed by atoms with Crippen molar-refractivity contribution < 1.29 is 4.74 Å². The summed E-state index contributed by atoms with van der Waals surface area (Å²) in [7, 11) is 1.70. The Balaban J connectivity index is 1.87. The Morgan fingerprint density at radius 1 is 1.14 bits per heavy atom. The Labute approximate surface area is 134 Å². The molecule has 0 amide bonds. The van der Waals surface area contributed by atoms with Crippen molar-refractivity contribution in [3.05, 3.63) is 63.6 Å². The van der Waals surface area contributed by atoms with Crippen LogP contribution in [0.3, 0.4) is 0 Å². The van der Waals surface area contributed by atoms with Crippen LogP contribution in [0.4, 0.5) is 0 Å². The molecule has 0 aromatic heterocycles. The van der Waals surface area contributed by atoms with Gasteiger partial charge in [-0.1, -0.05) is 35.9 Å². The summed E-state index contributed by atoms with van der Waals surface area (Å²) in [5.74, 6) is 0.884. The third-order valence-electron chi connectivity index (χ3n) is 4.35. The van der Waals surface area contributed by atoms with E-state index in [0.717, 1.165) is 29.7 Å². The zero-order valence-electron chi connectivity index (χ0n) is 12.4. The number of rotatable bonds is 4. The largest absolute Gasteiger partial charge is 0.496 e. The van der Waals surface area contributed by atoms with Gasteiger partial charge in [-0.3, -0.25) is 0 Å². The second kappa shape index (κ2) is 5.82. The molecular weight excluding hydrogens is 326 g/mol. The fourth-order valence-electron chi connectivity index (χ4n) is 2.98. The fourth-order valence-corrected chi connectivity index (χ4v) is 3.56. The molecule has 0 atom stereocenters. The maximum absolute atomic E-state index is 5.31. The van der Waals surface area contributed by atoms with Crippen molar-refractivity contribution in [2.45, 2.75) is 18.8 Å². The van der Waals surface area contributed by atoms with Gasteiger partial charge in [0.1, 0.15) is 5.75 Å². The Bertz CT molecular complexity index is 632. The topological polar surface area (TPSA) is 21.3 Å². The van der Waals surface area contributed by atoms with E-state index in [4.69, 9.17) is 4.74 Å². The van der Waals surface area contributed by atoms with Gasteiger partial charge in [0.25, 0.3) is 0 Å². The average Bonchev–Trinajstić information content (AvgIpc) is 2.44.